The van der Waals surface area contributed by atoms with Crippen LogP contribution in [0.15, 0.2) is 42.6 Å². The second kappa shape index (κ2) is 5.51. The van der Waals surface area contributed by atoms with E-state index in [9.17, 15) is 14.0 Å². The fraction of sp³-hybridized carbons (Fsp3) is 0.190. The Bertz CT molecular complexity index is 1160. The van der Waals surface area contributed by atoms with Gasteiger partial charge in [-0.05, 0) is 54.8 Å². The molecule has 7 heteroatoms. The van der Waals surface area contributed by atoms with Crippen molar-refractivity contribution in [2.45, 2.75) is 25.7 Å². The van der Waals surface area contributed by atoms with Crippen LogP contribution in [0.1, 0.15) is 28.7 Å². The van der Waals surface area contributed by atoms with Crippen LogP contribution < -0.4 is 10.6 Å². The molecule has 3 aromatic rings. The standard InChI is InChI=1S/C21H17FN4O2/c1-11-5-12(2)7-14(6-11)26-19-16(10-23-26)21(9-18(27)25-19)15-4-3-13(22)8-17(15)24-20(21)28/h3-8,10H,9H2,1-2H3,(H,24,28)(H,25,27). The van der Waals surface area contributed by atoms with Gasteiger partial charge in [0.15, 0.2) is 0 Å². The van der Waals surface area contributed by atoms with Gasteiger partial charge in [0.25, 0.3) is 0 Å². The first-order valence-electron chi connectivity index (χ1n) is 8.97. The van der Waals surface area contributed by atoms with Crippen molar-refractivity contribution in [2.75, 3.05) is 10.6 Å². The predicted molar refractivity (Wildman–Crippen MR) is 102 cm³/mol. The van der Waals surface area contributed by atoms with E-state index in [1.807, 2.05) is 26.0 Å². The molecule has 3 heterocycles. The topological polar surface area (TPSA) is 76.0 Å². The number of nitrogens with one attached hydrogen (secondary N) is 2. The predicted octanol–water partition coefficient (Wildman–Crippen LogP) is 3.21. The molecule has 5 rings (SSSR count). The highest BCUT2D eigenvalue weighted by molar-refractivity contribution is 6.14. The molecule has 2 amide bonds. The molecule has 0 radical (unpaired) electrons. The Morgan fingerprint density at radius 2 is 1.79 bits per heavy atom. The van der Waals surface area contributed by atoms with Crippen LogP contribution in [0, 0.1) is 19.7 Å². The number of aromatic nitrogens is 2. The number of fused-ring (bicyclic) bond motifs is 4. The Labute approximate surface area is 160 Å². The van der Waals surface area contributed by atoms with Crippen molar-refractivity contribution >= 4 is 23.3 Å². The SMILES string of the molecule is Cc1cc(C)cc(-n2ncc3c2NC(=O)CC32C(=O)Nc3cc(F)ccc32)c1. The molecule has 140 valence electrons. The van der Waals surface area contributed by atoms with E-state index in [2.05, 4.69) is 21.8 Å². The Balaban J connectivity index is 1.76. The number of amides is 2. The normalized spacial score (nSPS) is 20.0. The number of carbonyl (C=O) groups excluding carboxylic acids is 2. The largest absolute Gasteiger partial charge is 0.325 e. The van der Waals surface area contributed by atoms with Gasteiger partial charge in [0.05, 0.1) is 11.9 Å². The van der Waals surface area contributed by atoms with Crippen LogP contribution in [0.25, 0.3) is 5.69 Å². The maximum Gasteiger partial charge on any atom is 0.240 e. The maximum atomic E-state index is 13.7. The van der Waals surface area contributed by atoms with Crippen molar-refractivity contribution in [2.24, 2.45) is 0 Å². The van der Waals surface area contributed by atoms with Gasteiger partial charge in [-0.2, -0.15) is 5.10 Å². The van der Waals surface area contributed by atoms with E-state index in [4.69, 9.17) is 0 Å². The Morgan fingerprint density at radius 3 is 2.54 bits per heavy atom. The summed E-state index contributed by atoms with van der Waals surface area (Å²) in [6.07, 6.45) is 1.56. The summed E-state index contributed by atoms with van der Waals surface area (Å²) in [6.45, 7) is 3.98. The Kier molecular flexibility index (Phi) is 3.28. The zero-order valence-corrected chi connectivity index (χ0v) is 15.3. The minimum atomic E-state index is -1.21. The molecule has 0 saturated carbocycles. The number of anilines is 2. The lowest BCUT2D eigenvalue weighted by Gasteiger charge is -2.31. The second-order valence-corrected chi connectivity index (χ2v) is 7.44. The first-order chi connectivity index (χ1) is 13.4. The molecular formula is C21H17FN4O2. The fourth-order valence-corrected chi connectivity index (χ4v) is 4.35. The van der Waals surface area contributed by atoms with Crippen LogP contribution in [0.5, 0.6) is 0 Å². The highest BCUT2D eigenvalue weighted by Gasteiger charge is 2.54. The molecule has 1 unspecified atom stereocenters. The van der Waals surface area contributed by atoms with Gasteiger partial charge in [-0.25, -0.2) is 9.07 Å². The summed E-state index contributed by atoms with van der Waals surface area (Å²) in [5.41, 5.74) is 3.31. The zero-order valence-electron chi connectivity index (χ0n) is 15.3. The van der Waals surface area contributed by atoms with Crippen LogP contribution in [0.2, 0.25) is 0 Å². The number of benzene rings is 2. The summed E-state index contributed by atoms with van der Waals surface area (Å²) >= 11 is 0. The molecule has 2 aromatic carbocycles. The average Bonchev–Trinajstić information content (AvgIpc) is 3.14. The highest BCUT2D eigenvalue weighted by atomic mass is 19.1. The van der Waals surface area contributed by atoms with E-state index in [-0.39, 0.29) is 18.2 Å². The quantitative estimate of drug-likeness (QED) is 0.685. The van der Waals surface area contributed by atoms with E-state index in [1.165, 1.54) is 12.1 Å². The third-order valence-electron chi connectivity index (χ3n) is 5.44. The van der Waals surface area contributed by atoms with Crippen LogP contribution in [-0.4, -0.2) is 21.6 Å². The lowest BCUT2D eigenvalue weighted by molar-refractivity contribution is -0.125. The van der Waals surface area contributed by atoms with Gasteiger partial charge < -0.3 is 10.6 Å². The fourth-order valence-electron chi connectivity index (χ4n) is 4.35. The van der Waals surface area contributed by atoms with Crippen LogP contribution >= 0.6 is 0 Å². The molecular weight excluding hydrogens is 359 g/mol. The Morgan fingerprint density at radius 1 is 1.04 bits per heavy atom. The molecule has 1 atom stereocenters. The van der Waals surface area contributed by atoms with E-state index in [1.54, 1.807) is 16.9 Å². The summed E-state index contributed by atoms with van der Waals surface area (Å²) in [6, 6.07) is 10.1. The number of carbonyl (C=O) groups is 2. The maximum absolute atomic E-state index is 13.7. The molecule has 1 aromatic heterocycles. The minimum Gasteiger partial charge on any atom is -0.325 e. The molecule has 0 saturated heterocycles. The molecule has 2 aliphatic heterocycles. The number of nitrogens with zero attached hydrogens (tertiary/aromatic N) is 2. The van der Waals surface area contributed by atoms with Gasteiger partial charge >= 0.3 is 0 Å². The summed E-state index contributed by atoms with van der Waals surface area (Å²) < 4.78 is 15.3. The third kappa shape index (κ3) is 2.16. The molecule has 2 N–H and O–H groups in total. The lowest BCUT2D eigenvalue weighted by Crippen LogP contribution is -2.43. The van der Waals surface area contributed by atoms with Crippen molar-refractivity contribution in [3.05, 3.63) is 70.7 Å². The molecule has 28 heavy (non-hydrogen) atoms. The molecule has 0 bridgehead atoms. The molecule has 6 nitrogen and oxygen atoms in total. The lowest BCUT2D eigenvalue weighted by atomic mass is 9.72. The first-order valence-corrected chi connectivity index (χ1v) is 8.97. The number of hydrogen-bond acceptors (Lipinski definition) is 3. The van der Waals surface area contributed by atoms with Crippen molar-refractivity contribution in [3.63, 3.8) is 0 Å². The zero-order chi connectivity index (χ0) is 19.6. The average molecular weight is 376 g/mol. The van der Waals surface area contributed by atoms with Gasteiger partial charge in [0.2, 0.25) is 11.8 Å². The molecule has 0 aliphatic carbocycles. The number of halogens is 1. The summed E-state index contributed by atoms with van der Waals surface area (Å²) in [4.78, 5) is 25.6. The summed E-state index contributed by atoms with van der Waals surface area (Å²) in [5, 5.41) is 10.1. The van der Waals surface area contributed by atoms with Crippen LogP contribution in [-0.2, 0) is 15.0 Å². The van der Waals surface area contributed by atoms with Crippen molar-refractivity contribution in [3.8, 4) is 5.69 Å². The Hall–Kier alpha value is -3.48. The number of rotatable bonds is 1. The van der Waals surface area contributed by atoms with Crippen LogP contribution in [0.3, 0.4) is 0 Å². The van der Waals surface area contributed by atoms with Crippen molar-refractivity contribution in [1.29, 1.82) is 0 Å². The minimum absolute atomic E-state index is 0.0526. The molecule has 0 fully saturated rings. The smallest absolute Gasteiger partial charge is 0.240 e. The molecule has 2 aliphatic rings. The van der Waals surface area contributed by atoms with E-state index < -0.39 is 11.2 Å². The van der Waals surface area contributed by atoms with Gasteiger partial charge in [-0.15, -0.1) is 0 Å². The number of aryl methyl sites for hydroxylation is 2. The monoisotopic (exact) mass is 376 g/mol. The van der Waals surface area contributed by atoms with Crippen LogP contribution in [0.4, 0.5) is 15.9 Å². The number of hydrogen-bond donors (Lipinski definition) is 2. The van der Waals surface area contributed by atoms with E-state index in [0.29, 0.717) is 22.6 Å². The van der Waals surface area contributed by atoms with Gasteiger partial charge in [-0.1, -0.05) is 12.1 Å². The first kappa shape index (κ1) is 16.7. The molecule has 1 spiro atoms. The van der Waals surface area contributed by atoms with Crippen molar-refractivity contribution < 1.29 is 14.0 Å². The van der Waals surface area contributed by atoms with Gasteiger partial charge in [-0.3, -0.25) is 9.59 Å². The van der Waals surface area contributed by atoms with E-state index in [0.717, 1.165) is 16.8 Å². The van der Waals surface area contributed by atoms with Gasteiger partial charge in [0, 0.05) is 17.7 Å². The highest BCUT2D eigenvalue weighted by Crippen LogP contribution is 2.50. The summed E-state index contributed by atoms with van der Waals surface area (Å²) in [7, 11) is 0. The van der Waals surface area contributed by atoms with Gasteiger partial charge in [0.1, 0.15) is 17.1 Å². The second-order valence-electron chi connectivity index (χ2n) is 7.44. The third-order valence-corrected chi connectivity index (χ3v) is 5.44. The van der Waals surface area contributed by atoms with Crippen molar-refractivity contribution in [1.82, 2.24) is 9.78 Å². The summed E-state index contributed by atoms with van der Waals surface area (Å²) in [5.74, 6) is -0.605. The van der Waals surface area contributed by atoms with E-state index >= 15 is 0 Å².